The highest BCUT2D eigenvalue weighted by Crippen LogP contribution is 2.28. The van der Waals surface area contributed by atoms with Crippen molar-refractivity contribution in [3.8, 4) is 0 Å². The van der Waals surface area contributed by atoms with Gasteiger partial charge < -0.3 is 10.6 Å². The third kappa shape index (κ3) is 4.47. The second-order valence-electron chi connectivity index (χ2n) is 5.51. The molecule has 18 heavy (non-hydrogen) atoms. The molecule has 1 aliphatic carbocycles. The molecule has 2 fully saturated rings. The standard InChI is InChI=1S/C14H26N2OS/c1-2-18-13-7-3-5-12(9-13)16-14(17)10-11-6-4-8-15-11/h11-13,15H,2-10H2,1H3,(H,16,17). The number of carbonyl (C=O) groups excluding carboxylic acids is 1. The Morgan fingerprint density at radius 3 is 2.94 bits per heavy atom. The summed E-state index contributed by atoms with van der Waals surface area (Å²) in [6.45, 7) is 3.30. The molecule has 1 saturated carbocycles. The van der Waals surface area contributed by atoms with Crippen LogP contribution in [0.2, 0.25) is 0 Å². The van der Waals surface area contributed by atoms with E-state index in [1.54, 1.807) is 0 Å². The molecule has 3 atom stereocenters. The first kappa shape index (κ1) is 14.2. The highest BCUT2D eigenvalue weighted by atomic mass is 32.2. The molecule has 104 valence electrons. The lowest BCUT2D eigenvalue weighted by molar-refractivity contribution is -0.122. The first-order valence-corrected chi connectivity index (χ1v) is 8.47. The molecule has 0 aromatic heterocycles. The summed E-state index contributed by atoms with van der Waals surface area (Å²) in [6, 6.07) is 0.853. The highest BCUT2D eigenvalue weighted by molar-refractivity contribution is 7.99. The third-order valence-electron chi connectivity index (χ3n) is 3.99. The van der Waals surface area contributed by atoms with Crippen LogP contribution in [0, 0.1) is 0 Å². The molecular formula is C14H26N2OS. The van der Waals surface area contributed by atoms with Gasteiger partial charge in [0, 0.05) is 23.8 Å². The third-order valence-corrected chi connectivity index (χ3v) is 5.22. The summed E-state index contributed by atoms with van der Waals surface area (Å²) in [5.41, 5.74) is 0. The molecule has 2 N–H and O–H groups in total. The van der Waals surface area contributed by atoms with E-state index >= 15 is 0 Å². The fraction of sp³-hybridized carbons (Fsp3) is 0.929. The van der Waals surface area contributed by atoms with E-state index in [1.165, 1.54) is 37.9 Å². The highest BCUT2D eigenvalue weighted by Gasteiger charge is 2.24. The normalized spacial score (nSPS) is 32.4. The number of hydrogen-bond acceptors (Lipinski definition) is 3. The van der Waals surface area contributed by atoms with E-state index in [1.807, 2.05) is 0 Å². The van der Waals surface area contributed by atoms with E-state index in [9.17, 15) is 4.79 Å². The lowest BCUT2D eigenvalue weighted by atomic mass is 9.94. The number of thioether (sulfide) groups is 1. The molecule has 0 radical (unpaired) electrons. The lowest BCUT2D eigenvalue weighted by Gasteiger charge is -2.29. The second kappa shape index (κ2) is 7.39. The SMILES string of the molecule is CCSC1CCCC(NC(=O)CC2CCCN2)C1. The van der Waals surface area contributed by atoms with Crippen LogP contribution in [0.1, 0.15) is 51.9 Å². The maximum atomic E-state index is 12.0. The molecule has 1 heterocycles. The van der Waals surface area contributed by atoms with Crippen molar-refractivity contribution in [2.75, 3.05) is 12.3 Å². The fourth-order valence-corrected chi connectivity index (χ4v) is 4.28. The Kier molecular flexibility index (Phi) is 5.83. The first-order chi connectivity index (χ1) is 8.78. The summed E-state index contributed by atoms with van der Waals surface area (Å²) in [7, 11) is 0. The molecule has 2 rings (SSSR count). The summed E-state index contributed by atoms with van der Waals surface area (Å²) < 4.78 is 0. The predicted molar refractivity (Wildman–Crippen MR) is 78.0 cm³/mol. The molecule has 1 amide bonds. The predicted octanol–water partition coefficient (Wildman–Crippen LogP) is 2.31. The van der Waals surface area contributed by atoms with Crippen molar-refractivity contribution in [3.63, 3.8) is 0 Å². The number of hydrogen-bond donors (Lipinski definition) is 2. The first-order valence-electron chi connectivity index (χ1n) is 7.42. The van der Waals surface area contributed by atoms with Gasteiger partial charge in [0.15, 0.2) is 0 Å². The van der Waals surface area contributed by atoms with Crippen molar-refractivity contribution in [3.05, 3.63) is 0 Å². The van der Waals surface area contributed by atoms with Crippen molar-refractivity contribution in [1.29, 1.82) is 0 Å². The van der Waals surface area contributed by atoms with Crippen LogP contribution in [-0.2, 0) is 4.79 Å². The maximum Gasteiger partial charge on any atom is 0.221 e. The maximum absolute atomic E-state index is 12.0. The summed E-state index contributed by atoms with van der Waals surface area (Å²) in [5, 5.41) is 7.39. The Morgan fingerprint density at radius 1 is 1.33 bits per heavy atom. The van der Waals surface area contributed by atoms with Crippen molar-refractivity contribution in [2.24, 2.45) is 0 Å². The molecule has 0 bridgehead atoms. The lowest BCUT2D eigenvalue weighted by Crippen LogP contribution is -2.41. The monoisotopic (exact) mass is 270 g/mol. The van der Waals surface area contributed by atoms with Crippen LogP contribution >= 0.6 is 11.8 Å². The smallest absolute Gasteiger partial charge is 0.221 e. The summed E-state index contributed by atoms with van der Waals surface area (Å²) in [6.07, 6.45) is 7.98. The van der Waals surface area contributed by atoms with Gasteiger partial charge in [-0.25, -0.2) is 0 Å². The Labute approximate surface area is 115 Å². The van der Waals surface area contributed by atoms with Gasteiger partial charge in [-0.2, -0.15) is 11.8 Å². The van der Waals surface area contributed by atoms with Crippen LogP contribution in [0.5, 0.6) is 0 Å². The van der Waals surface area contributed by atoms with E-state index in [4.69, 9.17) is 0 Å². The Bertz CT molecular complexity index is 265. The molecule has 0 aromatic carbocycles. The number of carbonyl (C=O) groups is 1. The van der Waals surface area contributed by atoms with Crippen molar-refractivity contribution in [1.82, 2.24) is 10.6 Å². The van der Waals surface area contributed by atoms with Gasteiger partial charge in [-0.05, 0) is 44.4 Å². The van der Waals surface area contributed by atoms with Gasteiger partial charge in [-0.15, -0.1) is 0 Å². The molecule has 3 nitrogen and oxygen atoms in total. The number of amides is 1. The van der Waals surface area contributed by atoms with E-state index in [-0.39, 0.29) is 5.91 Å². The Hall–Kier alpha value is -0.220. The van der Waals surface area contributed by atoms with E-state index < -0.39 is 0 Å². The van der Waals surface area contributed by atoms with Crippen molar-refractivity contribution >= 4 is 17.7 Å². The molecule has 2 aliphatic rings. The van der Waals surface area contributed by atoms with Gasteiger partial charge in [-0.1, -0.05) is 13.3 Å². The van der Waals surface area contributed by atoms with Crippen molar-refractivity contribution in [2.45, 2.75) is 69.2 Å². The van der Waals surface area contributed by atoms with Crippen LogP contribution in [-0.4, -0.2) is 35.5 Å². The van der Waals surface area contributed by atoms with Gasteiger partial charge in [-0.3, -0.25) is 4.79 Å². The van der Waals surface area contributed by atoms with Gasteiger partial charge in [0.05, 0.1) is 0 Å². The van der Waals surface area contributed by atoms with Crippen LogP contribution in [0.4, 0.5) is 0 Å². The van der Waals surface area contributed by atoms with E-state index in [0.29, 0.717) is 18.5 Å². The van der Waals surface area contributed by atoms with Gasteiger partial charge in [0.1, 0.15) is 0 Å². The minimum atomic E-state index is 0.251. The minimum Gasteiger partial charge on any atom is -0.353 e. The molecular weight excluding hydrogens is 244 g/mol. The number of nitrogens with one attached hydrogen (secondary N) is 2. The molecule has 1 saturated heterocycles. The molecule has 0 aromatic rings. The molecule has 0 spiro atoms. The molecule has 4 heteroatoms. The summed E-state index contributed by atoms with van der Waals surface area (Å²) in [4.78, 5) is 12.0. The van der Waals surface area contributed by atoms with Crippen LogP contribution in [0.3, 0.4) is 0 Å². The average Bonchev–Trinajstić information content (AvgIpc) is 2.82. The number of rotatable bonds is 5. The average molecular weight is 270 g/mol. The Morgan fingerprint density at radius 2 is 2.22 bits per heavy atom. The van der Waals surface area contributed by atoms with Crippen LogP contribution < -0.4 is 10.6 Å². The molecule has 3 unspecified atom stereocenters. The zero-order valence-electron chi connectivity index (χ0n) is 11.4. The van der Waals surface area contributed by atoms with E-state index in [2.05, 4.69) is 29.3 Å². The summed E-state index contributed by atoms with van der Waals surface area (Å²) in [5.74, 6) is 1.44. The van der Waals surface area contributed by atoms with Crippen molar-refractivity contribution < 1.29 is 4.79 Å². The van der Waals surface area contributed by atoms with E-state index in [0.717, 1.165) is 18.2 Å². The van der Waals surface area contributed by atoms with Gasteiger partial charge >= 0.3 is 0 Å². The Balaban J connectivity index is 1.69. The quantitative estimate of drug-likeness (QED) is 0.805. The second-order valence-corrected chi connectivity index (χ2v) is 7.08. The topological polar surface area (TPSA) is 41.1 Å². The zero-order chi connectivity index (χ0) is 12.8. The minimum absolute atomic E-state index is 0.251. The van der Waals surface area contributed by atoms with Gasteiger partial charge in [0.2, 0.25) is 5.91 Å². The zero-order valence-corrected chi connectivity index (χ0v) is 12.2. The largest absolute Gasteiger partial charge is 0.353 e. The fourth-order valence-electron chi connectivity index (χ4n) is 3.10. The molecule has 1 aliphatic heterocycles. The summed E-state index contributed by atoms with van der Waals surface area (Å²) >= 11 is 2.05. The van der Waals surface area contributed by atoms with Crippen LogP contribution in [0.25, 0.3) is 0 Å². The van der Waals surface area contributed by atoms with Gasteiger partial charge in [0.25, 0.3) is 0 Å². The van der Waals surface area contributed by atoms with Crippen LogP contribution in [0.15, 0.2) is 0 Å².